The standard InChI is InChI=1S/C18H16N4O6/c19-17(24)12-4-1-2-5-13(12)20-16(23)6-3-9-21-14-8-7-11(22(26)27)10-15(14)28-18(21)25/h1-2,4-5,7-8,10H,3,6,9H2,(H2,19,24)(H,20,23). The summed E-state index contributed by atoms with van der Waals surface area (Å²) in [7, 11) is 0. The quantitative estimate of drug-likeness (QED) is 0.470. The van der Waals surface area contributed by atoms with Crippen LogP contribution in [0.1, 0.15) is 23.2 Å². The predicted molar refractivity (Wildman–Crippen MR) is 100.0 cm³/mol. The van der Waals surface area contributed by atoms with Gasteiger partial charge in [0, 0.05) is 19.0 Å². The van der Waals surface area contributed by atoms with Gasteiger partial charge in [-0.15, -0.1) is 0 Å². The van der Waals surface area contributed by atoms with E-state index in [1.807, 2.05) is 0 Å². The van der Waals surface area contributed by atoms with Crippen LogP contribution >= 0.6 is 0 Å². The minimum atomic E-state index is -0.657. The second-order valence-electron chi connectivity index (χ2n) is 5.99. The molecule has 0 radical (unpaired) electrons. The molecule has 1 heterocycles. The molecule has 10 nitrogen and oxygen atoms in total. The van der Waals surface area contributed by atoms with Gasteiger partial charge in [-0.25, -0.2) is 4.79 Å². The number of aryl methyl sites for hydroxylation is 1. The summed E-state index contributed by atoms with van der Waals surface area (Å²) in [6.07, 6.45) is 0.398. The largest absolute Gasteiger partial charge is 0.419 e. The minimum Gasteiger partial charge on any atom is -0.407 e. The highest BCUT2D eigenvalue weighted by Gasteiger charge is 2.15. The van der Waals surface area contributed by atoms with E-state index >= 15 is 0 Å². The number of nitro benzene ring substituents is 1. The number of benzene rings is 2. The van der Waals surface area contributed by atoms with Crippen LogP contribution in [0.5, 0.6) is 0 Å². The predicted octanol–water partition coefficient (Wildman–Crippen LogP) is 2.02. The molecule has 0 saturated carbocycles. The number of nitrogens with zero attached hydrogens (tertiary/aromatic N) is 2. The van der Waals surface area contributed by atoms with Crippen LogP contribution in [0.3, 0.4) is 0 Å². The molecule has 144 valence electrons. The molecule has 2 aromatic carbocycles. The zero-order chi connectivity index (χ0) is 20.3. The Kier molecular flexibility index (Phi) is 5.21. The first-order valence-corrected chi connectivity index (χ1v) is 8.33. The molecule has 0 aliphatic heterocycles. The summed E-state index contributed by atoms with van der Waals surface area (Å²) < 4.78 is 6.35. The number of fused-ring (bicyclic) bond motifs is 1. The first-order chi connectivity index (χ1) is 13.4. The van der Waals surface area contributed by atoms with Crippen molar-refractivity contribution >= 4 is 34.3 Å². The average Bonchev–Trinajstić information content (AvgIpc) is 2.96. The maximum Gasteiger partial charge on any atom is 0.419 e. The number of rotatable bonds is 7. The molecule has 0 bridgehead atoms. The van der Waals surface area contributed by atoms with Crippen molar-refractivity contribution in [3.63, 3.8) is 0 Å². The zero-order valence-corrected chi connectivity index (χ0v) is 14.6. The van der Waals surface area contributed by atoms with Gasteiger partial charge in [-0.2, -0.15) is 0 Å². The number of primary amides is 1. The van der Waals surface area contributed by atoms with E-state index in [4.69, 9.17) is 10.2 Å². The van der Waals surface area contributed by atoms with Crippen molar-refractivity contribution in [1.29, 1.82) is 0 Å². The Morgan fingerprint density at radius 3 is 2.68 bits per heavy atom. The number of hydrogen-bond acceptors (Lipinski definition) is 6. The fraction of sp³-hybridized carbons (Fsp3) is 0.167. The van der Waals surface area contributed by atoms with E-state index in [1.165, 1.54) is 28.8 Å². The van der Waals surface area contributed by atoms with Crippen molar-refractivity contribution in [2.75, 3.05) is 5.32 Å². The fourth-order valence-corrected chi connectivity index (χ4v) is 2.80. The number of para-hydroxylation sites is 1. The molecule has 0 atom stereocenters. The Morgan fingerprint density at radius 2 is 1.96 bits per heavy atom. The number of nitrogens with two attached hydrogens (primary N) is 1. The molecule has 0 aliphatic carbocycles. The summed E-state index contributed by atoms with van der Waals surface area (Å²) in [6, 6.07) is 10.3. The molecule has 1 aromatic heterocycles. The number of nitro groups is 1. The van der Waals surface area contributed by atoms with Crippen LogP contribution < -0.4 is 16.8 Å². The van der Waals surface area contributed by atoms with E-state index in [9.17, 15) is 24.5 Å². The topological polar surface area (TPSA) is 150 Å². The van der Waals surface area contributed by atoms with Crippen LogP contribution in [0.15, 0.2) is 51.7 Å². The van der Waals surface area contributed by atoms with Crippen LogP contribution in [-0.4, -0.2) is 21.3 Å². The van der Waals surface area contributed by atoms with E-state index in [2.05, 4.69) is 5.32 Å². The van der Waals surface area contributed by atoms with Crippen molar-refractivity contribution < 1.29 is 18.9 Å². The average molecular weight is 384 g/mol. The summed E-state index contributed by atoms with van der Waals surface area (Å²) >= 11 is 0. The van der Waals surface area contributed by atoms with Gasteiger partial charge in [-0.1, -0.05) is 12.1 Å². The molecule has 0 saturated heterocycles. The molecule has 10 heteroatoms. The van der Waals surface area contributed by atoms with Crippen LogP contribution in [0, 0.1) is 10.1 Å². The van der Waals surface area contributed by atoms with Crippen molar-refractivity contribution in [2.24, 2.45) is 5.73 Å². The third-order valence-electron chi connectivity index (χ3n) is 4.11. The molecule has 3 aromatic rings. The fourth-order valence-electron chi connectivity index (χ4n) is 2.80. The molecule has 2 amide bonds. The zero-order valence-electron chi connectivity index (χ0n) is 14.6. The molecule has 3 N–H and O–H groups in total. The molecule has 0 unspecified atom stereocenters. The summed E-state index contributed by atoms with van der Waals surface area (Å²) in [5.41, 5.74) is 6.14. The van der Waals surface area contributed by atoms with E-state index in [1.54, 1.807) is 18.2 Å². The number of carbonyl (C=O) groups excluding carboxylic acids is 2. The van der Waals surface area contributed by atoms with Gasteiger partial charge >= 0.3 is 5.76 Å². The Bertz CT molecular complexity index is 1130. The van der Waals surface area contributed by atoms with Crippen molar-refractivity contribution in [3.8, 4) is 0 Å². The molecule has 0 spiro atoms. The van der Waals surface area contributed by atoms with Gasteiger partial charge in [0.15, 0.2) is 5.58 Å². The highest BCUT2D eigenvalue weighted by atomic mass is 16.6. The normalized spacial score (nSPS) is 10.7. The monoisotopic (exact) mass is 384 g/mol. The first kappa shape index (κ1) is 18.8. The van der Waals surface area contributed by atoms with Crippen LogP contribution in [0.25, 0.3) is 11.1 Å². The van der Waals surface area contributed by atoms with Crippen LogP contribution in [0.2, 0.25) is 0 Å². The number of amides is 2. The minimum absolute atomic E-state index is 0.0825. The summed E-state index contributed by atoms with van der Waals surface area (Å²) in [4.78, 5) is 45.7. The first-order valence-electron chi connectivity index (χ1n) is 8.33. The Balaban J connectivity index is 1.66. The van der Waals surface area contributed by atoms with Crippen LogP contribution in [-0.2, 0) is 11.3 Å². The highest BCUT2D eigenvalue weighted by Crippen LogP contribution is 2.20. The second kappa shape index (κ2) is 7.74. The molecule has 0 fully saturated rings. The number of non-ortho nitro benzene ring substituents is 1. The molecule has 28 heavy (non-hydrogen) atoms. The van der Waals surface area contributed by atoms with Gasteiger partial charge in [0.05, 0.1) is 27.8 Å². The SMILES string of the molecule is NC(=O)c1ccccc1NC(=O)CCCn1c(=O)oc2cc([N+](=O)[O-])ccc21. The van der Waals surface area contributed by atoms with Crippen molar-refractivity contribution in [2.45, 2.75) is 19.4 Å². The molecule has 3 rings (SSSR count). The van der Waals surface area contributed by atoms with Crippen molar-refractivity contribution in [1.82, 2.24) is 4.57 Å². The second-order valence-corrected chi connectivity index (χ2v) is 5.99. The van der Waals surface area contributed by atoms with Gasteiger partial charge in [0.25, 0.3) is 11.6 Å². The van der Waals surface area contributed by atoms with Gasteiger partial charge < -0.3 is 15.5 Å². The van der Waals surface area contributed by atoms with Gasteiger partial charge in [-0.3, -0.25) is 24.3 Å². The number of nitrogens with one attached hydrogen (secondary N) is 1. The lowest BCUT2D eigenvalue weighted by Gasteiger charge is -2.08. The highest BCUT2D eigenvalue weighted by molar-refractivity contribution is 6.02. The van der Waals surface area contributed by atoms with E-state index in [-0.39, 0.29) is 35.7 Å². The van der Waals surface area contributed by atoms with E-state index in [0.717, 1.165) is 0 Å². The van der Waals surface area contributed by atoms with E-state index in [0.29, 0.717) is 17.6 Å². The van der Waals surface area contributed by atoms with E-state index < -0.39 is 16.6 Å². The van der Waals surface area contributed by atoms with Crippen LogP contribution in [0.4, 0.5) is 11.4 Å². The number of oxazole rings is 1. The Labute approximate surface area is 157 Å². The lowest BCUT2D eigenvalue weighted by Crippen LogP contribution is -2.19. The third-order valence-corrected chi connectivity index (χ3v) is 4.11. The summed E-state index contributed by atoms with van der Waals surface area (Å²) in [6.45, 7) is 0.189. The molecular weight excluding hydrogens is 368 g/mol. The number of aromatic nitrogens is 1. The maximum atomic E-state index is 12.1. The lowest BCUT2D eigenvalue weighted by atomic mass is 10.1. The molecule has 0 aliphatic rings. The summed E-state index contributed by atoms with van der Waals surface area (Å²) in [5.74, 6) is -1.65. The van der Waals surface area contributed by atoms with Crippen molar-refractivity contribution in [3.05, 3.63) is 68.7 Å². The smallest absolute Gasteiger partial charge is 0.407 e. The number of hydrogen-bond donors (Lipinski definition) is 2. The number of carbonyl (C=O) groups is 2. The maximum absolute atomic E-state index is 12.1. The Hall–Kier alpha value is -3.95. The van der Waals surface area contributed by atoms with Gasteiger partial charge in [0.1, 0.15) is 0 Å². The third kappa shape index (κ3) is 3.90. The Morgan fingerprint density at radius 1 is 1.21 bits per heavy atom. The molecular formula is C18H16N4O6. The lowest BCUT2D eigenvalue weighted by molar-refractivity contribution is -0.384. The number of anilines is 1. The summed E-state index contributed by atoms with van der Waals surface area (Å²) in [5, 5.41) is 13.4. The van der Waals surface area contributed by atoms with Gasteiger partial charge in [0.2, 0.25) is 5.91 Å². The van der Waals surface area contributed by atoms with Gasteiger partial charge in [-0.05, 0) is 24.6 Å².